The van der Waals surface area contributed by atoms with Gasteiger partial charge in [-0.05, 0) is 25.1 Å². The first-order valence-electron chi connectivity index (χ1n) is 7.06. The van der Waals surface area contributed by atoms with Crippen molar-refractivity contribution in [1.29, 1.82) is 0 Å². The Labute approximate surface area is 155 Å². The molecule has 1 aliphatic heterocycles. The molecule has 124 valence electrons. The average molecular weight is 393 g/mol. The van der Waals surface area contributed by atoms with Gasteiger partial charge in [0.05, 0.1) is 10.0 Å². The summed E-state index contributed by atoms with van der Waals surface area (Å²) in [4.78, 5) is 18.8. The molecule has 8 heteroatoms. The van der Waals surface area contributed by atoms with Crippen LogP contribution in [0.5, 0.6) is 0 Å². The molecule has 0 saturated carbocycles. The second kappa shape index (κ2) is 8.31. The van der Waals surface area contributed by atoms with Crippen LogP contribution in [0.25, 0.3) is 10.6 Å². The fourth-order valence-corrected chi connectivity index (χ4v) is 3.43. The van der Waals surface area contributed by atoms with Crippen molar-refractivity contribution in [3.8, 4) is 10.6 Å². The summed E-state index contributed by atoms with van der Waals surface area (Å²) >= 11 is 13.4. The fraction of sp³-hybridized carbons (Fsp3) is 0.333. The van der Waals surface area contributed by atoms with Crippen molar-refractivity contribution < 1.29 is 4.79 Å². The van der Waals surface area contributed by atoms with E-state index in [0.29, 0.717) is 15.7 Å². The van der Waals surface area contributed by atoms with Gasteiger partial charge in [0.1, 0.15) is 10.7 Å². The molecule has 2 aromatic rings. The number of rotatable bonds is 2. The highest BCUT2D eigenvalue weighted by Crippen LogP contribution is 2.30. The molecule has 23 heavy (non-hydrogen) atoms. The lowest BCUT2D eigenvalue weighted by Gasteiger charge is -2.18. The van der Waals surface area contributed by atoms with Crippen LogP contribution >= 0.6 is 46.9 Å². The summed E-state index contributed by atoms with van der Waals surface area (Å²) in [7, 11) is 0. The minimum absolute atomic E-state index is 0. The van der Waals surface area contributed by atoms with Gasteiger partial charge < -0.3 is 10.2 Å². The smallest absolute Gasteiger partial charge is 0.273 e. The maximum atomic E-state index is 12.5. The summed E-state index contributed by atoms with van der Waals surface area (Å²) in [5.74, 6) is -0.00809. The van der Waals surface area contributed by atoms with E-state index in [9.17, 15) is 4.79 Å². The molecule has 1 aromatic carbocycles. The quantitative estimate of drug-likeness (QED) is 0.841. The Kier molecular flexibility index (Phi) is 6.68. The first-order valence-corrected chi connectivity index (χ1v) is 8.69. The number of amides is 1. The van der Waals surface area contributed by atoms with Gasteiger partial charge in [-0.25, -0.2) is 4.98 Å². The third-order valence-corrected chi connectivity index (χ3v) is 5.15. The summed E-state index contributed by atoms with van der Waals surface area (Å²) in [6, 6.07) is 5.37. The van der Waals surface area contributed by atoms with E-state index in [2.05, 4.69) is 10.3 Å². The minimum atomic E-state index is -0.00809. The largest absolute Gasteiger partial charge is 0.336 e. The van der Waals surface area contributed by atoms with Crippen molar-refractivity contribution in [3.05, 3.63) is 39.3 Å². The summed E-state index contributed by atoms with van der Waals surface area (Å²) in [5.41, 5.74) is 1.36. The number of thiazole rings is 1. The predicted octanol–water partition coefficient (Wildman–Crippen LogP) is 3.97. The van der Waals surface area contributed by atoms with Crippen LogP contribution < -0.4 is 5.32 Å². The van der Waals surface area contributed by atoms with Gasteiger partial charge in [-0.1, -0.05) is 29.3 Å². The molecule has 1 N–H and O–H groups in total. The third-order valence-electron chi connectivity index (χ3n) is 3.52. The number of aromatic nitrogens is 1. The van der Waals surface area contributed by atoms with Gasteiger partial charge >= 0.3 is 0 Å². The Morgan fingerprint density at radius 1 is 1.22 bits per heavy atom. The molecule has 0 radical (unpaired) electrons. The molecular formula is C15H16Cl3N3OS. The topological polar surface area (TPSA) is 45.2 Å². The molecule has 1 fully saturated rings. The number of benzene rings is 1. The molecule has 4 nitrogen and oxygen atoms in total. The Morgan fingerprint density at radius 2 is 2.04 bits per heavy atom. The molecule has 0 spiro atoms. The lowest BCUT2D eigenvalue weighted by atomic mass is 10.2. The van der Waals surface area contributed by atoms with Gasteiger partial charge in [-0.3, -0.25) is 4.79 Å². The molecule has 0 aliphatic carbocycles. The zero-order valence-corrected chi connectivity index (χ0v) is 15.4. The molecule has 1 amide bonds. The van der Waals surface area contributed by atoms with Gasteiger partial charge in [0.25, 0.3) is 5.91 Å². The monoisotopic (exact) mass is 391 g/mol. The Bertz CT molecular complexity index is 684. The van der Waals surface area contributed by atoms with E-state index in [1.165, 1.54) is 11.3 Å². The van der Waals surface area contributed by atoms with E-state index in [1.54, 1.807) is 17.5 Å². The van der Waals surface area contributed by atoms with Gasteiger partial charge in [0.2, 0.25) is 0 Å². The van der Waals surface area contributed by atoms with Crippen molar-refractivity contribution in [2.24, 2.45) is 0 Å². The SMILES string of the molecule is Cl.O=C(c1csc(-c2ccc(Cl)c(Cl)c2)n1)N1CCCNCC1. The number of nitrogens with one attached hydrogen (secondary N) is 1. The van der Waals surface area contributed by atoms with E-state index >= 15 is 0 Å². The van der Waals surface area contributed by atoms with Gasteiger partial charge in [-0.2, -0.15) is 0 Å². The number of nitrogens with zero attached hydrogens (tertiary/aromatic N) is 2. The second-order valence-corrected chi connectivity index (χ2v) is 6.74. The van der Waals surface area contributed by atoms with E-state index in [-0.39, 0.29) is 18.3 Å². The third kappa shape index (κ3) is 4.37. The predicted molar refractivity (Wildman–Crippen MR) is 98.2 cm³/mol. The number of hydrogen-bond acceptors (Lipinski definition) is 4. The van der Waals surface area contributed by atoms with Gasteiger partial charge in [0, 0.05) is 30.6 Å². The molecule has 0 atom stereocenters. The molecule has 3 rings (SSSR count). The maximum Gasteiger partial charge on any atom is 0.273 e. The fourth-order valence-electron chi connectivity index (χ4n) is 2.34. The molecule has 1 saturated heterocycles. The molecule has 0 unspecified atom stereocenters. The highest BCUT2D eigenvalue weighted by Gasteiger charge is 2.20. The summed E-state index contributed by atoms with van der Waals surface area (Å²) in [6.07, 6.45) is 0.968. The average Bonchev–Trinajstić information content (AvgIpc) is 2.85. The summed E-state index contributed by atoms with van der Waals surface area (Å²) in [6.45, 7) is 3.27. The van der Waals surface area contributed by atoms with Crippen molar-refractivity contribution >= 4 is 52.9 Å². The van der Waals surface area contributed by atoms with Crippen molar-refractivity contribution in [2.75, 3.05) is 26.2 Å². The zero-order chi connectivity index (χ0) is 15.5. The van der Waals surface area contributed by atoms with E-state index in [0.717, 1.165) is 43.2 Å². The highest BCUT2D eigenvalue weighted by molar-refractivity contribution is 7.13. The lowest BCUT2D eigenvalue weighted by Crippen LogP contribution is -2.34. The van der Waals surface area contributed by atoms with Crippen molar-refractivity contribution in [1.82, 2.24) is 15.2 Å². The van der Waals surface area contributed by atoms with Crippen LogP contribution in [0.2, 0.25) is 10.0 Å². The Morgan fingerprint density at radius 3 is 2.83 bits per heavy atom. The number of halogens is 3. The normalized spacial score (nSPS) is 15.0. The molecule has 0 bridgehead atoms. The second-order valence-electron chi connectivity index (χ2n) is 5.06. The Hall–Kier alpha value is -0.850. The molecule has 1 aromatic heterocycles. The first kappa shape index (κ1) is 18.5. The van der Waals surface area contributed by atoms with Crippen LogP contribution in [0.1, 0.15) is 16.9 Å². The maximum absolute atomic E-state index is 12.5. The summed E-state index contributed by atoms with van der Waals surface area (Å²) < 4.78 is 0. The van der Waals surface area contributed by atoms with E-state index < -0.39 is 0 Å². The number of hydrogen-bond donors (Lipinski definition) is 1. The molecular weight excluding hydrogens is 377 g/mol. The van der Waals surface area contributed by atoms with Crippen molar-refractivity contribution in [2.45, 2.75) is 6.42 Å². The minimum Gasteiger partial charge on any atom is -0.336 e. The Balaban J connectivity index is 0.00000192. The van der Waals surface area contributed by atoms with Crippen molar-refractivity contribution in [3.63, 3.8) is 0 Å². The van der Waals surface area contributed by atoms with Gasteiger partial charge in [0.15, 0.2) is 0 Å². The molecule has 2 heterocycles. The highest BCUT2D eigenvalue weighted by atomic mass is 35.5. The van der Waals surface area contributed by atoms with Crippen LogP contribution in [-0.4, -0.2) is 42.0 Å². The van der Waals surface area contributed by atoms with Crippen LogP contribution in [0, 0.1) is 0 Å². The summed E-state index contributed by atoms with van der Waals surface area (Å²) in [5, 5.41) is 6.86. The van der Waals surface area contributed by atoms with Crippen LogP contribution in [0.3, 0.4) is 0 Å². The van der Waals surface area contributed by atoms with Crippen LogP contribution in [0.15, 0.2) is 23.6 Å². The van der Waals surface area contributed by atoms with Crippen LogP contribution in [0.4, 0.5) is 0 Å². The standard InChI is InChI=1S/C15H15Cl2N3OS.ClH/c16-11-3-2-10(8-12(11)17)14-19-13(9-22-14)15(21)20-6-1-4-18-5-7-20;/h2-3,8-9,18H,1,4-7H2;1H. The van der Waals surface area contributed by atoms with Crippen LogP contribution in [-0.2, 0) is 0 Å². The van der Waals surface area contributed by atoms with Gasteiger partial charge in [-0.15, -0.1) is 23.7 Å². The van der Waals surface area contributed by atoms with E-state index in [4.69, 9.17) is 23.2 Å². The number of carbonyl (C=O) groups excluding carboxylic acids is 1. The first-order chi connectivity index (χ1) is 10.6. The zero-order valence-electron chi connectivity index (χ0n) is 12.2. The van der Waals surface area contributed by atoms with E-state index in [1.807, 2.05) is 11.0 Å². The number of carbonyl (C=O) groups is 1. The molecule has 1 aliphatic rings. The lowest BCUT2D eigenvalue weighted by molar-refractivity contribution is 0.0761.